The van der Waals surface area contributed by atoms with Gasteiger partial charge in [0.25, 0.3) is 0 Å². The SMILES string of the molecule is Clc1cc(Br)cnc1NCC1COCCN1. The third kappa shape index (κ3) is 3.31. The van der Waals surface area contributed by atoms with Gasteiger partial charge in [-0.25, -0.2) is 4.98 Å². The normalized spacial score (nSPS) is 20.8. The minimum atomic E-state index is 0.315. The van der Waals surface area contributed by atoms with Crippen LogP contribution in [0.25, 0.3) is 0 Å². The summed E-state index contributed by atoms with van der Waals surface area (Å²) in [5.41, 5.74) is 0. The van der Waals surface area contributed by atoms with Gasteiger partial charge in [-0.1, -0.05) is 11.6 Å². The van der Waals surface area contributed by atoms with Gasteiger partial charge in [-0.05, 0) is 22.0 Å². The van der Waals surface area contributed by atoms with Crippen LogP contribution in [0.1, 0.15) is 0 Å². The molecule has 0 saturated carbocycles. The molecular weight excluding hydrogens is 293 g/mol. The van der Waals surface area contributed by atoms with E-state index >= 15 is 0 Å². The smallest absolute Gasteiger partial charge is 0.144 e. The second-order valence-electron chi connectivity index (χ2n) is 3.59. The summed E-state index contributed by atoms with van der Waals surface area (Å²) in [6, 6.07) is 2.14. The number of morpholine rings is 1. The predicted molar refractivity (Wildman–Crippen MR) is 68.0 cm³/mol. The molecule has 88 valence electrons. The third-order valence-electron chi connectivity index (χ3n) is 2.32. The number of nitrogens with zero attached hydrogens (tertiary/aromatic N) is 1. The van der Waals surface area contributed by atoms with Crippen LogP contribution < -0.4 is 10.6 Å². The Morgan fingerprint density at radius 3 is 3.25 bits per heavy atom. The molecule has 1 aromatic heterocycles. The number of hydrogen-bond donors (Lipinski definition) is 2. The summed E-state index contributed by atoms with van der Waals surface area (Å²) in [4.78, 5) is 4.20. The van der Waals surface area contributed by atoms with Crippen LogP contribution in [0.15, 0.2) is 16.7 Å². The Bertz CT molecular complexity index is 358. The van der Waals surface area contributed by atoms with E-state index in [2.05, 4.69) is 31.5 Å². The van der Waals surface area contributed by atoms with Crippen LogP contribution in [-0.4, -0.2) is 37.3 Å². The van der Waals surface area contributed by atoms with E-state index in [4.69, 9.17) is 16.3 Å². The highest BCUT2D eigenvalue weighted by molar-refractivity contribution is 9.10. The minimum Gasteiger partial charge on any atom is -0.378 e. The van der Waals surface area contributed by atoms with Crippen molar-refractivity contribution in [3.8, 4) is 0 Å². The van der Waals surface area contributed by atoms with Crippen molar-refractivity contribution in [1.82, 2.24) is 10.3 Å². The van der Waals surface area contributed by atoms with E-state index < -0.39 is 0 Å². The molecule has 1 aromatic rings. The lowest BCUT2D eigenvalue weighted by Crippen LogP contribution is -2.45. The van der Waals surface area contributed by atoms with E-state index in [-0.39, 0.29) is 0 Å². The summed E-state index contributed by atoms with van der Waals surface area (Å²) in [5, 5.41) is 7.17. The van der Waals surface area contributed by atoms with Gasteiger partial charge in [-0.3, -0.25) is 0 Å². The average Bonchev–Trinajstić information content (AvgIpc) is 2.29. The van der Waals surface area contributed by atoms with Gasteiger partial charge in [0.1, 0.15) is 5.82 Å². The molecule has 6 heteroatoms. The number of anilines is 1. The second-order valence-corrected chi connectivity index (χ2v) is 4.91. The number of hydrogen-bond acceptors (Lipinski definition) is 4. The van der Waals surface area contributed by atoms with Crippen LogP contribution in [0.5, 0.6) is 0 Å². The molecule has 0 spiro atoms. The Balaban J connectivity index is 1.88. The molecule has 0 amide bonds. The number of ether oxygens (including phenoxy) is 1. The standard InChI is InChI=1S/C10H13BrClN3O/c11-7-3-9(12)10(14-4-7)15-5-8-6-16-2-1-13-8/h3-4,8,13H,1-2,5-6H2,(H,14,15). The maximum absolute atomic E-state index is 6.04. The minimum absolute atomic E-state index is 0.315. The van der Waals surface area contributed by atoms with Gasteiger partial charge in [-0.2, -0.15) is 0 Å². The zero-order chi connectivity index (χ0) is 11.4. The molecule has 0 aromatic carbocycles. The second kappa shape index (κ2) is 5.82. The third-order valence-corrected chi connectivity index (χ3v) is 3.04. The van der Waals surface area contributed by atoms with Gasteiger partial charge in [0, 0.05) is 29.8 Å². The highest BCUT2D eigenvalue weighted by atomic mass is 79.9. The quantitative estimate of drug-likeness (QED) is 0.895. The average molecular weight is 307 g/mol. The summed E-state index contributed by atoms with van der Waals surface area (Å²) in [6.07, 6.45) is 1.72. The first-order valence-electron chi connectivity index (χ1n) is 5.12. The lowest BCUT2D eigenvalue weighted by atomic mass is 10.3. The number of aromatic nitrogens is 1. The van der Waals surface area contributed by atoms with Gasteiger partial charge in [0.2, 0.25) is 0 Å². The lowest BCUT2D eigenvalue weighted by Gasteiger charge is -2.24. The summed E-state index contributed by atoms with van der Waals surface area (Å²) >= 11 is 9.36. The number of pyridine rings is 1. The number of halogens is 2. The predicted octanol–water partition coefficient (Wildman–Crippen LogP) is 1.90. The van der Waals surface area contributed by atoms with E-state index in [0.29, 0.717) is 16.9 Å². The Hall–Kier alpha value is -0.360. The lowest BCUT2D eigenvalue weighted by molar-refractivity contribution is 0.0806. The summed E-state index contributed by atoms with van der Waals surface area (Å²) in [7, 11) is 0. The molecule has 0 bridgehead atoms. The van der Waals surface area contributed by atoms with Gasteiger partial charge in [-0.15, -0.1) is 0 Å². The molecule has 1 saturated heterocycles. The Labute approximate surface area is 108 Å². The van der Waals surface area contributed by atoms with Gasteiger partial charge < -0.3 is 15.4 Å². The zero-order valence-corrected chi connectivity index (χ0v) is 11.0. The molecule has 1 atom stereocenters. The van der Waals surface area contributed by atoms with E-state index in [0.717, 1.165) is 30.8 Å². The van der Waals surface area contributed by atoms with Crippen LogP contribution in [0.2, 0.25) is 5.02 Å². The molecule has 4 nitrogen and oxygen atoms in total. The maximum atomic E-state index is 6.04. The van der Waals surface area contributed by atoms with Gasteiger partial charge in [0.15, 0.2) is 0 Å². The van der Waals surface area contributed by atoms with Crippen molar-refractivity contribution in [2.24, 2.45) is 0 Å². The number of nitrogens with one attached hydrogen (secondary N) is 2. The van der Waals surface area contributed by atoms with Crippen LogP contribution in [-0.2, 0) is 4.74 Å². The highest BCUT2D eigenvalue weighted by Crippen LogP contribution is 2.22. The Morgan fingerprint density at radius 1 is 1.69 bits per heavy atom. The fourth-order valence-corrected chi connectivity index (χ4v) is 2.21. The monoisotopic (exact) mass is 305 g/mol. The molecule has 0 aliphatic carbocycles. The van der Waals surface area contributed by atoms with Crippen molar-refractivity contribution in [1.29, 1.82) is 0 Å². The molecule has 0 radical (unpaired) electrons. The molecule has 1 unspecified atom stereocenters. The molecule has 16 heavy (non-hydrogen) atoms. The molecular formula is C10H13BrClN3O. The molecule has 2 heterocycles. The molecule has 1 aliphatic heterocycles. The van der Waals surface area contributed by atoms with E-state index in [1.807, 2.05) is 6.07 Å². The molecule has 1 aliphatic rings. The van der Waals surface area contributed by atoms with E-state index in [1.165, 1.54) is 0 Å². The van der Waals surface area contributed by atoms with Crippen LogP contribution in [0, 0.1) is 0 Å². The van der Waals surface area contributed by atoms with Gasteiger partial charge >= 0.3 is 0 Å². The maximum Gasteiger partial charge on any atom is 0.144 e. The first kappa shape index (κ1) is 12.1. The van der Waals surface area contributed by atoms with Crippen LogP contribution >= 0.6 is 27.5 Å². The summed E-state index contributed by atoms with van der Waals surface area (Å²) < 4.78 is 6.23. The molecule has 2 N–H and O–H groups in total. The Kier molecular flexibility index (Phi) is 4.40. The van der Waals surface area contributed by atoms with Crippen LogP contribution in [0.3, 0.4) is 0 Å². The van der Waals surface area contributed by atoms with E-state index in [9.17, 15) is 0 Å². The first-order valence-corrected chi connectivity index (χ1v) is 6.29. The topological polar surface area (TPSA) is 46.2 Å². The first-order chi connectivity index (χ1) is 7.75. The van der Waals surface area contributed by atoms with Crippen LogP contribution in [0.4, 0.5) is 5.82 Å². The van der Waals surface area contributed by atoms with Gasteiger partial charge in [0.05, 0.1) is 18.2 Å². The molecule has 2 rings (SSSR count). The van der Waals surface area contributed by atoms with Crippen molar-refractivity contribution in [2.75, 3.05) is 31.6 Å². The largest absolute Gasteiger partial charge is 0.378 e. The molecule has 1 fully saturated rings. The summed E-state index contributed by atoms with van der Waals surface area (Å²) in [5.74, 6) is 0.706. The number of rotatable bonds is 3. The van der Waals surface area contributed by atoms with Crippen molar-refractivity contribution in [3.05, 3.63) is 21.8 Å². The zero-order valence-electron chi connectivity index (χ0n) is 8.67. The fourth-order valence-electron chi connectivity index (χ4n) is 1.52. The van der Waals surface area contributed by atoms with E-state index in [1.54, 1.807) is 6.20 Å². The Morgan fingerprint density at radius 2 is 2.56 bits per heavy atom. The highest BCUT2D eigenvalue weighted by Gasteiger charge is 2.13. The summed E-state index contributed by atoms with van der Waals surface area (Å²) in [6.45, 7) is 3.16. The van der Waals surface area contributed by atoms with Crippen molar-refractivity contribution in [2.45, 2.75) is 6.04 Å². The fraction of sp³-hybridized carbons (Fsp3) is 0.500. The van der Waals surface area contributed by atoms with Crippen molar-refractivity contribution >= 4 is 33.3 Å². The van der Waals surface area contributed by atoms with Crippen molar-refractivity contribution < 1.29 is 4.74 Å². The van der Waals surface area contributed by atoms with Crippen molar-refractivity contribution in [3.63, 3.8) is 0 Å².